The van der Waals surface area contributed by atoms with Gasteiger partial charge in [-0.2, -0.15) is 0 Å². The fraction of sp³-hybridized carbons (Fsp3) is 0.632. The Kier molecular flexibility index (Phi) is 5.68. The summed E-state index contributed by atoms with van der Waals surface area (Å²) in [6.45, 7) is 7.13. The Hall–Kier alpha value is -1.39. The zero-order valence-corrected chi connectivity index (χ0v) is 14.1. The number of ether oxygens (including phenoxy) is 1. The maximum Gasteiger partial charge on any atom is 0.224 e. The van der Waals surface area contributed by atoms with Crippen molar-refractivity contribution in [3.05, 3.63) is 35.9 Å². The summed E-state index contributed by atoms with van der Waals surface area (Å²) >= 11 is 0. The fourth-order valence-corrected chi connectivity index (χ4v) is 3.86. The maximum atomic E-state index is 12.4. The maximum absolute atomic E-state index is 12.4. The van der Waals surface area contributed by atoms with E-state index in [-0.39, 0.29) is 5.91 Å². The Balaban J connectivity index is 1.60. The first-order valence-electron chi connectivity index (χ1n) is 8.89. The third-order valence-electron chi connectivity index (χ3n) is 5.07. The summed E-state index contributed by atoms with van der Waals surface area (Å²) in [5.74, 6) is 0.880. The van der Waals surface area contributed by atoms with Crippen molar-refractivity contribution in [3.8, 4) is 0 Å². The van der Waals surface area contributed by atoms with Crippen LogP contribution >= 0.6 is 0 Å². The number of nitrogens with zero attached hydrogens (tertiary/aromatic N) is 2. The van der Waals surface area contributed by atoms with Gasteiger partial charge in [0.05, 0.1) is 13.0 Å². The molecule has 0 spiro atoms. The number of amides is 1. The van der Waals surface area contributed by atoms with Crippen LogP contribution in [0.5, 0.6) is 0 Å². The quantitative estimate of drug-likeness (QED) is 0.756. The molecule has 3 fully saturated rings. The van der Waals surface area contributed by atoms with Crippen LogP contribution in [0.2, 0.25) is 0 Å². The average molecular weight is 316 g/mol. The molecule has 0 aliphatic carbocycles. The monoisotopic (exact) mass is 316 g/mol. The second-order valence-corrected chi connectivity index (χ2v) is 6.76. The van der Waals surface area contributed by atoms with Gasteiger partial charge in [0.25, 0.3) is 0 Å². The van der Waals surface area contributed by atoms with Crippen molar-refractivity contribution < 1.29 is 9.53 Å². The van der Waals surface area contributed by atoms with E-state index in [0.29, 0.717) is 31.6 Å². The topological polar surface area (TPSA) is 32.8 Å². The third-order valence-corrected chi connectivity index (χ3v) is 5.07. The minimum Gasteiger partial charge on any atom is -0.381 e. The summed E-state index contributed by atoms with van der Waals surface area (Å²) < 4.78 is 5.34. The molecule has 2 bridgehead atoms. The Morgan fingerprint density at radius 3 is 2.78 bits per heavy atom. The molecular weight excluding hydrogens is 288 g/mol. The van der Waals surface area contributed by atoms with Crippen LogP contribution in [-0.2, 0) is 16.1 Å². The number of benzene rings is 1. The normalized spacial score (nSPS) is 24.7. The van der Waals surface area contributed by atoms with Crippen molar-refractivity contribution in [2.24, 2.45) is 5.92 Å². The lowest BCUT2D eigenvalue weighted by atomic mass is 9.94. The summed E-state index contributed by atoms with van der Waals surface area (Å²) in [5.41, 5.74) is 1.37. The van der Waals surface area contributed by atoms with Crippen molar-refractivity contribution in [3.63, 3.8) is 0 Å². The lowest BCUT2D eigenvalue weighted by Crippen LogP contribution is -2.44. The van der Waals surface area contributed by atoms with E-state index in [1.807, 2.05) is 6.92 Å². The van der Waals surface area contributed by atoms with Gasteiger partial charge in [0, 0.05) is 38.8 Å². The van der Waals surface area contributed by atoms with Crippen LogP contribution in [0, 0.1) is 5.92 Å². The van der Waals surface area contributed by atoms with E-state index in [9.17, 15) is 4.79 Å². The van der Waals surface area contributed by atoms with E-state index in [0.717, 1.165) is 26.2 Å². The molecule has 0 unspecified atom stereocenters. The van der Waals surface area contributed by atoms with E-state index >= 15 is 0 Å². The molecule has 23 heavy (non-hydrogen) atoms. The van der Waals surface area contributed by atoms with Crippen molar-refractivity contribution >= 4 is 5.91 Å². The van der Waals surface area contributed by atoms with Crippen LogP contribution in [0.4, 0.5) is 0 Å². The van der Waals surface area contributed by atoms with E-state index in [1.165, 1.54) is 18.4 Å². The van der Waals surface area contributed by atoms with Crippen molar-refractivity contribution in [1.29, 1.82) is 0 Å². The van der Waals surface area contributed by atoms with Gasteiger partial charge < -0.3 is 9.64 Å². The Morgan fingerprint density at radius 2 is 2.00 bits per heavy atom. The SMILES string of the molecule is CCOCCC(=O)N1C[C@@H]2CC[C@H](C1)N(Cc1ccccc1)C2. The van der Waals surface area contributed by atoms with Crippen LogP contribution in [0.3, 0.4) is 0 Å². The van der Waals surface area contributed by atoms with Crippen LogP contribution in [0.25, 0.3) is 0 Å². The van der Waals surface area contributed by atoms with Gasteiger partial charge in [0.1, 0.15) is 0 Å². The van der Waals surface area contributed by atoms with E-state index in [1.54, 1.807) is 0 Å². The summed E-state index contributed by atoms with van der Waals surface area (Å²) in [5, 5.41) is 0. The highest BCUT2D eigenvalue weighted by molar-refractivity contribution is 5.76. The predicted molar refractivity (Wildman–Crippen MR) is 91.1 cm³/mol. The Bertz CT molecular complexity index is 505. The molecule has 1 aromatic carbocycles. The smallest absolute Gasteiger partial charge is 0.224 e. The minimum absolute atomic E-state index is 0.261. The van der Waals surface area contributed by atoms with Gasteiger partial charge in [-0.05, 0) is 31.2 Å². The molecule has 4 heteroatoms. The average Bonchev–Trinajstić information content (AvgIpc) is 2.88. The molecule has 1 aromatic rings. The molecular formula is C19H28N2O2. The van der Waals surface area contributed by atoms with Crippen LogP contribution in [0.1, 0.15) is 31.7 Å². The second-order valence-electron chi connectivity index (χ2n) is 6.76. The highest BCUT2D eigenvalue weighted by Crippen LogP contribution is 2.29. The molecule has 0 radical (unpaired) electrons. The van der Waals surface area contributed by atoms with Crippen LogP contribution in [-0.4, -0.2) is 54.6 Å². The first kappa shape index (κ1) is 16.5. The first-order valence-corrected chi connectivity index (χ1v) is 8.89. The van der Waals surface area contributed by atoms with Gasteiger partial charge in [-0.3, -0.25) is 9.69 Å². The zero-order chi connectivity index (χ0) is 16.1. The molecule has 3 aliphatic rings. The van der Waals surface area contributed by atoms with Gasteiger partial charge in [0.15, 0.2) is 0 Å². The second kappa shape index (κ2) is 7.93. The molecule has 0 saturated carbocycles. The first-order chi connectivity index (χ1) is 11.3. The highest BCUT2D eigenvalue weighted by Gasteiger charge is 2.36. The standard InChI is InChI=1S/C19H28N2O2/c1-2-23-11-10-19(22)21-14-17-8-9-18(15-21)20(13-17)12-16-6-4-3-5-7-16/h3-7,17-18H,2,8-15H2,1H3/t17-,18-/m1/s1. The van der Waals surface area contributed by atoms with Gasteiger partial charge in [-0.1, -0.05) is 30.3 Å². The minimum atomic E-state index is 0.261. The van der Waals surface area contributed by atoms with Gasteiger partial charge >= 0.3 is 0 Å². The van der Waals surface area contributed by atoms with Gasteiger partial charge in [0.2, 0.25) is 5.91 Å². The van der Waals surface area contributed by atoms with Gasteiger partial charge in [-0.25, -0.2) is 0 Å². The summed E-state index contributed by atoms with van der Waals surface area (Å²) in [7, 11) is 0. The molecule has 2 atom stereocenters. The molecule has 3 aliphatic heterocycles. The predicted octanol–water partition coefficient (Wildman–Crippen LogP) is 2.54. The molecule has 0 aromatic heterocycles. The number of hydrogen-bond donors (Lipinski definition) is 0. The summed E-state index contributed by atoms with van der Waals surface area (Å²) in [6.07, 6.45) is 2.99. The molecule has 0 N–H and O–H groups in total. The summed E-state index contributed by atoms with van der Waals surface area (Å²) in [4.78, 5) is 17.1. The number of piperidine rings is 1. The fourth-order valence-electron chi connectivity index (χ4n) is 3.86. The molecule has 3 heterocycles. The Morgan fingerprint density at radius 1 is 1.17 bits per heavy atom. The Labute approximate surface area is 139 Å². The number of fused-ring (bicyclic) bond motifs is 4. The number of rotatable bonds is 6. The van der Waals surface area contributed by atoms with Crippen molar-refractivity contribution in [2.45, 2.75) is 38.8 Å². The lowest BCUT2D eigenvalue weighted by molar-refractivity contribution is -0.132. The third kappa shape index (κ3) is 4.33. The number of hydrogen-bond acceptors (Lipinski definition) is 3. The molecule has 126 valence electrons. The van der Waals surface area contributed by atoms with Gasteiger partial charge in [-0.15, -0.1) is 0 Å². The highest BCUT2D eigenvalue weighted by atomic mass is 16.5. The van der Waals surface area contributed by atoms with E-state index in [4.69, 9.17) is 4.74 Å². The molecule has 1 amide bonds. The molecule has 4 nitrogen and oxygen atoms in total. The largest absolute Gasteiger partial charge is 0.381 e. The van der Waals surface area contributed by atoms with E-state index < -0.39 is 0 Å². The molecule has 3 saturated heterocycles. The number of carbonyl (C=O) groups is 1. The van der Waals surface area contributed by atoms with Crippen LogP contribution < -0.4 is 0 Å². The van der Waals surface area contributed by atoms with Crippen molar-refractivity contribution in [2.75, 3.05) is 32.8 Å². The zero-order valence-electron chi connectivity index (χ0n) is 14.1. The molecule has 4 rings (SSSR count). The van der Waals surface area contributed by atoms with Crippen LogP contribution in [0.15, 0.2) is 30.3 Å². The van der Waals surface area contributed by atoms with Crippen molar-refractivity contribution in [1.82, 2.24) is 9.80 Å². The van der Waals surface area contributed by atoms with E-state index in [2.05, 4.69) is 40.1 Å². The summed E-state index contributed by atoms with van der Waals surface area (Å²) in [6, 6.07) is 11.2. The lowest BCUT2D eigenvalue weighted by Gasteiger charge is -2.36. The number of carbonyl (C=O) groups excluding carboxylic acids is 1.